The predicted octanol–water partition coefficient (Wildman–Crippen LogP) is -0.456. The molecule has 3 N–H and O–H groups in total. The normalized spacial score (nSPS) is 27.9. The maximum absolute atomic E-state index is 11.1. The van der Waals surface area contributed by atoms with Crippen LogP contribution >= 0.6 is 0 Å². The van der Waals surface area contributed by atoms with E-state index < -0.39 is 0 Å². The summed E-state index contributed by atoms with van der Waals surface area (Å²) in [6.07, 6.45) is 0.592. The summed E-state index contributed by atoms with van der Waals surface area (Å²) < 4.78 is 0. The fourth-order valence-corrected chi connectivity index (χ4v) is 1.71. The van der Waals surface area contributed by atoms with Crippen LogP contribution in [0.25, 0.3) is 0 Å². The first kappa shape index (κ1) is 10.5. The van der Waals surface area contributed by atoms with Gasteiger partial charge in [0.2, 0.25) is 5.91 Å². The Kier molecular flexibility index (Phi) is 3.69. The third-order valence-corrected chi connectivity index (χ3v) is 2.67. The van der Waals surface area contributed by atoms with Crippen LogP contribution in [0.1, 0.15) is 20.3 Å². The molecule has 1 aliphatic rings. The van der Waals surface area contributed by atoms with E-state index in [1.807, 2.05) is 0 Å². The minimum absolute atomic E-state index is 0.151. The predicted molar refractivity (Wildman–Crippen MR) is 52.3 cm³/mol. The monoisotopic (exact) mass is 185 g/mol. The minimum Gasteiger partial charge on any atom is -0.355 e. The van der Waals surface area contributed by atoms with E-state index in [-0.39, 0.29) is 5.91 Å². The third kappa shape index (κ3) is 2.67. The van der Waals surface area contributed by atoms with E-state index in [1.54, 1.807) is 0 Å². The zero-order chi connectivity index (χ0) is 9.84. The lowest BCUT2D eigenvalue weighted by Crippen LogP contribution is -2.46. The second-order valence-corrected chi connectivity index (χ2v) is 3.73. The average Bonchev–Trinajstić information content (AvgIpc) is 2.28. The van der Waals surface area contributed by atoms with E-state index in [9.17, 15) is 4.79 Å². The van der Waals surface area contributed by atoms with Crippen LogP contribution in [0.3, 0.4) is 0 Å². The molecular formula is C9H19N3O. The van der Waals surface area contributed by atoms with E-state index >= 15 is 0 Å². The van der Waals surface area contributed by atoms with Crippen molar-refractivity contribution in [3.05, 3.63) is 0 Å². The second-order valence-electron chi connectivity index (χ2n) is 3.73. The van der Waals surface area contributed by atoms with Crippen molar-refractivity contribution >= 4 is 5.91 Å². The van der Waals surface area contributed by atoms with Crippen molar-refractivity contribution in [3.8, 4) is 0 Å². The van der Waals surface area contributed by atoms with E-state index in [1.165, 1.54) is 0 Å². The molecule has 0 aromatic rings. The van der Waals surface area contributed by atoms with Gasteiger partial charge in [0.05, 0.1) is 0 Å². The number of hydrogen-bond donors (Lipinski definition) is 2. The van der Waals surface area contributed by atoms with Gasteiger partial charge in [-0.3, -0.25) is 9.69 Å². The molecule has 0 radical (unpaired) electrons. The Morgan fingerprint density at radius 1 is 1.77 bits per heavy atom. The molecule has 0 saturated carbocycles. The van der Waals surface area contributed by atoms with Crippen LogP contribution in [0.4, 0.5) is 0 Å². The number of carbonyl (C=O) groups excluding carboxylic acids is 1. The molecule has 13 heavy (non-hydrogen) atoms. The van der Waals surface area contributed by atoms with E-state index in [4.69, 9.17) is 5.73 Å². The summed E-state index contributed by atoms with van der Waals surface area (Å²) >= 11 is 0. The molecule has 1 amide bonds. The number of rotatable bonds is 2. The van der Waals surface area contributed by atoms with Gasteiger partial charge in [0.15, 0.2) is 0 Å². The maximum Gasteiger partial charge on any atom is 0.221 e. The first-order valence-corrected chi connectivity index (χ1v) is 4.87. The molecule has 0 aromatic carbocycles. The molecule has 1 aliphatic heterocycles. The maximum atomic E-state index is 11.1. The molecule has 2 unspecified atom stereocenters. The van der Waals surface area contributed by atoms with Gasteiger partial charge in [-0.2, -0.15) is 0 Å². The highest BCUT2D eigenvalue weighted by Crippen LogP contribution is 2.08. The Balaban J connectivity index is 2.56. The molecule has 0 aliphatic carbocycles. The van der Waals surface area contributed by atoms with Crippen molar-refractivity contribution < 1.29 is 4.79 Å². The van der Waals surface area contributed by atoms with Crippen molar-refractivity contribution in [2.45, 2.75) is 32.4 Å². The Morgan fingerprint density at radius 2 is 2.46 bits per heavy atom. The van der Waals surface area contributed by atoms with Crippen molar-refractivity contribution in [1.82, 2.24) is 10.2 Å². The number of carbonyl (C=O) groups is 1. The zero-order valence-electron chi connectivity index (χ0n) is 8.42. The Labute approximate surface area is 79.5 Å². The second kappa shape index (κ2) is 4.58. The molecule has 76 valence electrons. The third-order valence-electron chi connectivity index (χ3n) is 2.67. The lowest BCUT2D eigenvalue weighted by atomic mass is 10.2. The van der Waals surface area contributed by atoms with Crippen molar-refractivity contribution in [2.24, 2.45) is 5.73 Å². The van der Waals surface area contributed by atoms with Gasteiger partial charge in [-0.25, -0.2) is 0 Å². The van der Waals surface area contributed by atoms with Gasteiger partial charge in [0.25, 0.3) is 0 Å². The summed E-state index contributed by atoms with van der Waals surface area (Å²) in [4.78, 5) is 13.4. The molecule has 2 atom stereocenters. The van der Waals surface area contributed by atoms with E-state index in [0.717, 1.165) is 13.1 Å². The number of nitrogens with two attached hydrogens (primary N) is 1. The summed E-state index contributed by atoms with van der Waals surface area (Å²) in [5.74, 6) is 0.151. The van der Waals surface area contributed by atoms with Gasteiger partial charge >= 0.3 is 0 Å². The standard InChI is InChI=1S/C9H19N3O/c1-7(5-10)12-4-3-9(13)11-6-8(12)2/h7-8H,3-6,10H2,1-2H3,(H,11,13). The average molecular weight is 185 g/mol. The van der Waals surface area contributed by atoms with Crippen LogP contribution in [0.2, 0.25) is 0 Å². The first-order chi connectivity index (χ1) is 6.15. The molecule has 1 heterocycles. The van der Waals surface area contributed by atoms with Gasteiger partial charge < -0.3 is 11.1 Å². The van der Waals surface area contributed by atoms with E-state index in [0.29, 0.717) is 25.0 Å². The molecule has 0 bridgehead atoms. The highest BCUT2D eigenvalue weighted by Gasteiger charge is 2.23. The Morgan fingerprint density at radius 3 is 3.08 bits per heavy atom. The Bertz CT molecular complexity index is 184. The van der Waals surface area contributed by atoms with Crippen molar-refractivity contribution in [1.29, 1.82) is 0 Å². The summed E-state index contributed by atoms with van der Waals surface area (Å²) in [5, 5.41) is 2.88. The van der Waals surface area contributed by atoms with Crippen LogP contribution in [0, 0.1) is 0 Å². The van der Waals surface area contributed by atoms with Crippen LogP contribution < -0.4 is 11.1 Å². The molecular weight excluding hydrogens is 166 g/mol. The number of amides is 1. The fraction of sp³-hybridized carbons (Fsp3) is 0.889. The van der Waals surface area contributed by atoms with Crippen LogP contribution in [0.15, 0.2) is 0 Å². The van der Waals surface area contributed by atoms with Crippen molar-refractivity contribution in [3.63, 3.8) is 0 Å². The summed E-state index contributed by atoms with van der Waals surface area (Å²) in [6, 6.07) is 0.757. The van der Waals surface area contributed by atoms with Gasteiger partial charge in [-0.15, -0.1) is 0 Å². The van der Waals surface area contributed by atoms with Crippen LogP contribution in [-0.2, 0) is 4.79 Å². The summed E-state index contributed by atoms with van der Waals surface area (Å²) in [6.45, 7) is 6.44. The molecule has 1 rings (SSSR count). The highest BCUT2D eigenvalue weighted by molar-refractivity contribution is 5.76. The topological polar surface area (TPSA) is 58.4 Å². The molecule has 1 fully saturated rings. The van der Waals surface area contributed by atoms with Gasteiger partial charge in [-0.05, 0) is 13.8 Å². The number of nitrogens with zero attached hydrogens (tertiary/aromatic N) is 1. The SMILES string of the molecule is CC(CN)N1CCC(=O)NCC1C. The quantitative estimate of drug-likeness (QED) is 0.612. The van der Waals surface area contributed by atoms with Crippen molar-refractivity contribution in [2.75, 3.05) is 19.6 Å². The molecule has 4 nitrogen and oxygen atoms in total. The minimum atomic E-state index is 0.151. The summed E-state index contributed by atoms with van der Waals surface area (Å²) in [5.41, 5.74) is 5.60. The first-order valence-electron chi connectivity index (χ1n) is 4.87. The largest absolute Gasteiger partial charge is 0.355 e. The Hall–Kier alpha value is -0.610. The van der Waals surface area contributed by atoms with E-state index in [2.05, 4.69) is 24.1 Å². The molecule has 1 saturated heterocycles. The van der Waals surface area contributed by atoms with Crippen LogP contribution in [-0.4, -0.2) is 42.5 Å². The molecule has 4 heteroatoms. The van der Waals surface area contributed by atoms with Crippen LogP contribution in [0.5, 0.6) is 0 Å². The number of hydrogen-bond acceptors (Lipinski definition) is 3. The van der Waals surface area contributed by atoms with Gasteiger partial charge in [0, 0.05) is 38.1 Å². The smallest absolute Gasteiger partial charge is 0.221 e. The van der Waals surface area contributed by atoms with Gasteiger partial charge in [-0.1, -0.05) is 0 Å². The summed E-state index contributed by atoms with van der Waals surface area (Å²) in [7, 11) is 0. The van der Waals surface area contributed by atoms with Gasteiger partial charge in [0.1, 0.15) is 0 Å². The zero-order valence-corrected chi connectivity index (χ0v) is 8.42. The highest BCUT2D eigenvalue weighted by atomic mass is 16.1. The lowest BCUT2D eigenvalue weighted by Gasteiger charge is -2.31. The number of nitrogens with one attached hydrogen (secondary N) is 1. The lowest BCUT2D eigenvalue weighted by molar-refractivity contribution is -0.120. The molecule has 0 aromatic heterocycles. The fourth-order valence-electron chi connectivity index (χ4n) is 1.71. The molecule has 0 spiro atoms.